The molecular formula is C25H32N4O2. The highest BCUT2D eigenvalue weighted by atomic mass is 16.5. The van der Waals surface area contributed by atoms with Crippen molar-refractivity contribution < 1.29 is 9.53 Å². The summed E-state index contributed by atoms with van der Waals surface area (Å²) in [4.78, 5) is 27.3. The quantitative estimate of drug-likeness (QED) is 0.732. The molecule has 31 heavy (non-hydrogen) atoms. The van der Waals surface area contributed by atoms with E-state index in [9.17, 15) is 4.79 Å². The summed E-state index contributed by atoms with van der Waals surface area (Å²) < 4.78 is 5.51. The van der Waals surface area contributed by atoms with Gasteiger partial charge in [-0.1, -0.05) is 31.0 Å². The van der Waals surface area contributed by atoms with Crippen molar-refractivity contribution in [1.82, 2.24) is 14.9 Å². The summed E-state index contributed by atoms with van der Waals surface area (Å²) in [5.41, 5.74) is 2.93. The Bertz CT molecular complexity index is 970. The molecule has 6 heteroatoms. The number of anilines is 1. The van der Waals surface area contributed by atoms with Crippen LogP contribution in [0.3, 0.4) is 0 Å². The van der Waals surface area contributed by atoms with Crippen LogP contribution in [0.1, 0.15) is 67.1 Å². The summed E-state index contributed by atoms with van der Waals surface area (Å²) in [7, 11) is 1.67. The third-order valence-electron chi connectivity index (χ3n) is 7.27. The molecule has 2 fully saturated rings. The average molecular weight is 421 g/mol. The van der Waals surface area contributed by atoms with E-state index in [4.69, 9.17) is 14.7 Å². The summed E-state index contributed by atoms with van der Waals surface area (Å²) in [6.07, 6.45) is 8.10. The predicted octanol–water partition coefficient (Wildman–Crippen LogP) is 4.00. The summed E-state index contributed by atoms with van der Waals surface area (Å²) in [5, 5.41) is 0. The van der Waals surface area contributed by atoms with Gasteiger partial charge in [0, 0.05) is 35.3 Å². The molecule has 2 aromatic rings. The third-order valence-corrected chi connectivity index (χ3v) is 7.27. The fourth-order valence-corrected chi connectivity index (χ4v) is 5.56. The van der Waals surface area contributed by atoms with Gasteiger partial charge in [0.1, 0.15) is 17.4 Å². The Morgan fingerprint density at radius 3 is 2.71 bits per heavy atom. The van der Waals surface area contributed by atoms with E-state index < -0.39 is 0 Å². The van der Waals surface area contributed by atoms with E-state index in [0.717, 1.165) is 53.2 Å². The molecule has 6 nitrogen and oxygen atoms in total. The van der Waals surface area contributed by atoms with Crippen molar-refractivity contribution in [3.8, 4) is 5.75 Å². The monoisotopic (exact) mass is 420 g/mol. The number of likely N-dealkylation sites (tertiary alicyclic amines) is 1. The minimum absolute atomic E-state index is 0.0895. The standard InChI is InChI=1S/C25H32N4O2/c1-17-21-14-23(30)29(16-18-8-3-6-12-22(18)31-2)25(21)27-24(26-17)19-9-7-13-28(15-19)20-10-4-5-11-20/h3,6,8,12,19-20H,4-5,7,9-11,13-16H2,1-2H3. The molecular weight excluding hydrogens is 388 g/mol. The van der Waals surface area contributed by atoms with Gasteiger partial charge in [0.05, 0.1) is 20.1 Å². The molecule has 1 saturated carbocycles. The molecule has 1 amide bonds. The van der Waals surface area contributed by atoms with Crippen molar-refractivity contribution >= 4 is 11.7 Å². The number of aromatic nitrogens is 2. The van der Waals surface area contributed by atoms with Gasteiger partial charge in [-0.15, -0.1) is 0 Å². The highest BCUT2D eigenvalue weighted by molar-refractivity contribution is 6.00. The van der Waals surface area contributed by atoms with Gasteiger partial charge in [-0.05, 0) is 45.2 Å². The minimum atomic E-state index is 0.0895. The van der Waals surface area contributed by atoms with Crippen LogP contribution in [0.4, 0.5) is 5.82 Å². The molecule has 0 N–H and O–H groups in total. The second kappa shape index (κ2) is 8.58. The SMILES string of the molecule is COc1ccccc1CN1C(=O)Cc2c(C)nc(C3CCCN(C4CCCC4)C3)nc21. The van der Waals surface area contributed by atoms with Crippen LogP contribution in [0.15, 0.2) is 24.3 Å². The Balaban J connectivity index is 1.42. The molecule has 164 valence electrons. The van der Waals surface area contributed by atoms with E-state index in [1.165, 1.54) is 38.6 Å². The Labute approximate surface area is 184 Å². The normalized spacial score (nSPS) is 22.2. The topological polar surface area (TPSA) is 58.6 Å². The molecule has 2 aliphatic heterocycles. The zero-order valence-electron chi connectivity index (χ0n) is 18.6. The number of fused-ring (bicyclic) bond motifs is 1. The number of para-hydroxylation sites is 1. The summed E-state index contributed by atoms with van der Waals surface area (Å²) >= 11 is 0. The lowest BCUT2D eigenvalue weighted by atomic mass is 9.95. The van der Waals surface area contributed by atoms with Crippen molar-refractivity contribution in [3.05, 3.63) is 46.9 Å². The summed E-state index contributed by atoms with van der Waals surface area (Å²) in [5.74, 6) is 2.96. The van der Waals surface area contributed by atoms with Crippen molar-refractivity contribution in [2.75, 3.05) is 25.1 Å². The van der Waals surface area contributed by atoms with Gasteiger partial charge in [-0.3, -0.25) is 14.6 Å². The van der Waals surface area contributed by atoms with Gasteiger partial charge in [0.15, 0.2) is 0 Å². The van der Waals surface area contributed by atoms with E-state index in [-0.39, 0.29) is 5.91 Å². The zero-order valence-corrected chi connectivity index (χ0v) is 18.6. The molecule has 0 bridgehead atoms. The molecule has 1 aromatic carbocycles. The number of hydrogen-bond donors (Lipinski definition) is 0. The van der Waals surface area contributed by atoms with Crippen LogP contribution >= 0.6 is 0 Å². The average Bonchev–Trinajstić information content (AvgIpc) is 3.44. The molecule has 0 spiro atoms. The number of methoxy groups -OCH3 is 1. The molecule has 5 rings (SSSR count). The van der Waals surface area contributed by atoms with Crippen molar-refractivity contribution in [2.24, 2.45) is 0 Å². The van der Waals surface area contributed by atoms with Gasteiger partial charge >= 0.3 is 0 Å². The van der Waals surface area contributed by atoms with Crippen molar-refractivity contribution in [2.45, 2.75) is 70.4 Å². The third kappa shape index (κ3) is 3.93. The number of rotatable bonds is 5. The summed E-state index contributed by atoms with van der Waals surface area (Å²) in [6, 6.07) is 8.62. The van der Waals surface area contributed by atoms with Crippen molar-refractivity contribution in [1.29, 1.82) is 0 Å². The van der Waals surface area contributed by atoms with E-state index >= 15 is 0 Å². The molecule has 1 aromatic heterocycles. The largest absolute Gasteiger partial charge is 0.496 e. The van der Waals surface area contributed by atoms with Crippen molar-refractivity contribution in [3.63, 3.8) is 0 Å². The minimum Gasteiger partial charge on any atom is -0.496 e. The lowest BCUT2D eigenvalue weighted by Gasteiger charge is -2.36. The molecule has 3 aliphatic rings. The number of amides is 1. The number of ether oxygens (including phenoxy) is 1. The van der Waals surface area contributed by atoms with Gasteiger partial charge in [-0.2, -0.15) is 0 Å². The van der Waals surface area contributed by atoms with Gasteiger partial charge < -0.3 is 4.74 Å². The molecule has 1 saturated heterocycles. The lowest BCUT2D eigenvalue weighted by molar-refractivity contribution is -0.117. The first-order valence-corrected chi connectivity index (χ1v) is 11.7. The van der Waals surface area contributed by atoms with Crippen LogP contribution in [-0.4, -0.2) is 47.0 Å². The van der Waals surface area contributed by atoms with Gasteiger partial charge in [0.2, 0.25) is 5.91 Å². The van der Waals surface area contributed by atoms with Gasteiger partial charge in [-0.25, -0.2) is 9.97 Å². The maximum atomic E-state index is 12.9. The van der Waals surface area contributed by atoms with E-state index in [0.29, 0.717) is 18.9 Å². The smallest absolute Gasteiger partial charge is 0.233 e. The van der Waals surface area contributed by atoms with Crippen LogP contribution in [0.5, 0.6) is 5.75 Å². The molecule has 0 radical (unpaired) electrons. The van der Waals surface area contributed by atoms with E-state index in [2.05, 4.69) is 4.90 Å². The first-order valence-electron chi connectivity index (χ1n) is 11.7. The summed E-state index contributed by atoms with van der Waals surface area (Å²) in [6.45, 7) is 4.75. The highest BCUT2D eigenvalue weighted by Crippen LogP contribution is 2.36. The van der Waals surface area contributed by atoms with Crippen LogP contribution in [0.25, 0.3) is 0 Å². The maximum absolute atomic E-state index is 12.9. The number of carbonyl (C=O) groups excluding carboxylic acids is 1. The van der Waals surface area contributed by atoms with Crippen LogP contribution in [0, 0.1) is 6.92 Å². The zero-order chi connectivity index (χ0) is 21.4. The first-order chi connectivity index (χ1) is 15.1. The Morgan fingerprint density at radius 2 is 1.90 bits per heavy atom. The lowest BCUT2D eigenvalue weighted by Crippen LogP contribution is -2.41. The number of carbonyl (C=O) groups is 1. The fourth-order valence-electron chi connectivity index (χ4n) is 5.56. The number of nitrogens with zero attached hydrogens (tertiary/aromatic N) is 4. The number of aryl methyl sites for hydroxylation is 1. The number of piperidine rings is 1. The molecule has 3 heterocycles. The van der Waals surface area contributed by atoms with Crippen LogP contribution < -0.4 is 9.64 Å². The van der Waals surface area contributed by atoms with E-state index in [1.54, 1.807) is 7.11 Å². The fraction of sp³-hybridized carbons (Fsp3) is 0.560. The Hall–Kier alpha value is -2.47. The highest BCUT2D eigenvalue weighted by Gasteiger charge is 2.35. The predicted molar refractivity (Wildman–Crippen MR) is 120 cm³/mol. The maximum Gasteiger partial charge on any atom is 0.233 e. The molecule has 1 unspecified atom stereocenters. The number of hydrogen-bond acceptors (Lipinski definition) is 5. The molecule has 1 atom stereocenters. The Kier molecular flexibility index (Phi) is 5.65. The van der Waals surface area contributed by atoms with E-state index in [1.807, 2.05) is 36.1 Å². The second-order valence-electron chi connectivity index (χ2n) is 9.21. The first kappa shape index (κ1) is 20.4. The van der Waals surface area contributed by atoms with Gasteiger partial charge in [0.25, 0.3) is 0 Å². The second-order valence-corrected chi connectivity index (χ2v) is 9.21. The molecule has 1 aliphatic carbocycles. The number of benzene rings is 1. The Morgan fingerprint density at radius 1 is 1.10 bits per heavy atom. The van der Waals surface area contributed by atoms with Crippen LogP contribution in [-0.2, 0) is 17.8 Å². The van der Waals surface area contributed by atoms with Crippen LogP contribution in [0.2, 0.25) is 0 Å².